The molecule has 0 aromatic carbocycles. The van der Waals surface area contributed by atoms with E-state index in [1.165, 1.54) is 0 Å². The van der Waals surface area contributed by atoms with Crippen molar-refractivity contribution in [2.24, 2.45) is 0 Å². The fourth-order valence-corrected chi connectivity index (χ4v) is 0.704. The fourth-order valence-electron chi connectivity index (χ4n) is 0.235. The van der Waals surface area contributed by atoms with Crippen molar-refractivity contribution in [2.45, 2.75) is 0 Å². The van der Waals surface area contributed by atoms with Gasteiger partial charge >= 0.3 is 0 Å². The number of thioether (sulfide) groups is 1. The van der Waals surface area contributed by atoms with Gasteiger partial charge in [-0.2, -0.15) is 11.8 Å². The van der Waals surface area contributed by atoms with Crippen LogP contribution in [0.2, 0.25) is 0 Å². The third-order valence-electron chi connectivity index (χ3n) is 0.471. The van der Waals surface area contributed by atoms with Crippen molar-refractivity contribution in [1.82, 2.24) is 0 Å². The number of hydrogen-bond donors (Lipinski definition) is 0. The van der Waals surface area contributed by atoms with Gasteiger partial charge in [-0.1, -0.05) is 12.2 Å². The normalized spacial score (nSPS) is 7.00. The molecular formula is C6H10PtS. The van der Waals surface area contributed by atoms with Crippen molar-refractivity contribution in [1.29, 1.82) is 0 Å². The maximum atomic E-state index is 3.58. The van der Waals surface area contributed by atoms with E-state index in [4.69, 9.17) is 0 Å². The van der Waals surface area contributed by atoms with Crippen LogP contribution in [-0.2, 0) is 21.1 Å². The zero-order chi connectivity index (χ0) is 5.54. The first-order chi connectivity index (χ1) is 3.41. The summed E-state index contributed by atoms with van der Waals surface area (Å²) in [7, 11) is 0. The van der Waals surface area contributed by atoms with Crippen LogP contribution in [-0.4, -0.2) is 11.5 Å². The minimum absolute atomic E-state index is 0. The van der Waals surface area contributed by atoms with E-state index in [0.29, 0.717) is 0 Å². The molecular weight excluding hydrogens is 299 g/mol. The summed E-state index contributed by atoms with van der Waals surface area (Å²) in [6, 6.07) is 0. The Morgan fingerprint density at radius 1 is 1.12 bits per heavy atom. The summed E-state index contributed by atoms with van der Waals surface area (Å²) in [4.78, 5) is 0. The molecule has 0 unspecified atom stereocenters. The Morgan fingerprint density at radius 3 is 1.75 bits per heavy atom. The van der Waals surface area contributed by atoms with Gasteiger partial charge in [-0.25, -0.2) is 0 Å². The zero-order valence-corrected chi connectivity index (χ0v) is 7.80. The summed E-state index contributed by atoms with van der Waals surface area (Å²) in [6.07, 6.45) is 3.79. The predicted molar refractivity (Wildman–Crippen MR) is 37.7 cm³/mol. The van der Waals surface area contributed by atoms with Gasteiger partial charge in [0, 0.05) is 32.6 Å². The summed E-state index contributed by atoms with van der Waals surface area (Å²) < 4.78 is 0. The topological polar surface area (TPSA) is 0 Å². The van der Waals surface area contributed by atoms with Gasteiger partial charge in [-0.15, -0.1) is 13.2 Å². The Balaban J connectivity index is 0. The summed E-state index contributed by atoms with van der Waals surface area (Å²) >= 11 is 1.82. The van der Waals surface area contributed by atoms with E-state index in [9.17, 15) is 0 Å². The van der Waals surface area contributed by atoms with E-state index in [0.717, 1.165) is 11.5 Å². The molecule has 0 fully saturated rings. The van der Waals surface area contributed by atoms with Gasteiger partial charge in [0.05, 0.1) is 0 Å². The average molecular weight is 309 g/mol. The second-order valence-corrected chi connectivity index (χ2v) is 2.19. The molecule has 0 aliphatic carbocycles. The molecule has 0 bridgehead atoms. The third kappa shape index (κ3) is 9.72. The molecule has 0 aromatic heterocycles. The Bertz CT molecular complexity index is 53.5. The van der Waals surface area contributed by atoms with Crippen LogP contribution in [0, 0.1) is 0 Å². The fraction of sp³-hybridized carbons (Fsp3) is 0.333. The van der Waals surface area contributed by atoms with Crippen LogP contribution >= 0.6 is 11.8 Å². The first kappa shape index (κ1) is 11.3. The average Bonchev–Trinajstić information content (AvgIpc) is 1.69. The van der Waals surface area contributed by atoms with E-state index >= 15 is 0 Å². The molecule has 0 nitrogen and oxygen atoms in total. The van der Waals surface area contributed by atoms with Crippen LogP contribution in [0.5, 0.6) is 0 Å². The minimum Gasteiger partial charge on any atom is -0.154 e. The monoisotopic (exact) mass is 309 g/mol. The maximum Gasteiger partial charge on any atom is 0.0113 e. The molecule has 0 aromatic rings. The van der Waals surface area contributed by atoms with Crippen LogP contribution in [0.15, 0.2) is 25.3 Å². The van der Waals surface area contributed by atoms with Gasteiger partial charge < -0.3 is 0 Å². The van der Waals surface area contributed by atoms with Crippen LogP contribution in [0.1, 0.15) is 0 Å². The summed E-state index contributed by atoms with van der Waals surface area (Å²) in [5.41, 5.74) is 0. The first-order valence-electron chi connectivity index (χ1n) is 2.21. The summed E-state index contributed by atoms with van der Waals surface area (Å²) in [6.45, 7) is 7.15. The molecule has 50 valence electrons. The van der Waals surface area contributed by atoms with Crippen molar-refractivity contribution < 1.29 is 21.1 Å². The predicted octanol–water partition coefficient (Wildman–Crippen LogP) is 2.09. The molecule has 0 rings (SSSR count). The standard InChI is InChI=1S/C6H10S.Pt/c1-3-5-7-6-4-2;/h3-4H,1-2,5-6H2;. The van der Waals surface area contributed by atoms with Crippen LogP contribution in [0.4, 0.5) is 0 Å². The molecule has 0 radical (unpaired) electrons. The first-order valence-corrected chi connectivity index (χ1v) is 3.37. The third-order valence-corrected chi connectivity index (χ3v) is 1.41. The van der Waals surface area contributed by atoms with Crippen LogP contribution in [0.25, 0.3) is 0 Å². The van der Waals surface area contributed by atoms with E-state index in [1.807, 2.05) is 23.9 Å². The molecule has 0 aliphatic heterocycles. The molecule has 0 heterocycles. The van der Waals surface area contributed by atoms with Gasteiger partial charge in [0.15, 0.2) is 0 Å². The van der Waals surface area contributed by atoms with Gasteiger partial charge in [0.1, 0.15) is 0 Å². The SMILES string of the molecule is C=CCSCC=C.[Pt]. The summed E-state index contributed by atoms with van der Waals surface area (Å²) in [5.74, 6) is 2.07. The van der Waals surface area contributed by atoms with E-state index < -0.39 is 0 Å². The van der Waals surface area contributed by atoms with Crippen molar-refractivity contribution in [3.05, 3.63) is 25.3 Å². The minimum atomic E-state index is 0. The number of hydrogen-bond acceptors (Lipinski definition) is 1. The van der Waals surface area contributed by atoms with E-state index in [-0.39, 0.29) is 21.1 Å². The van der Waals surface area contributed by atoms with E-state index in [2.05, 4.69) is 13.2 Å². The molecule has 0 aliphatic rings. The molecule has 8 heavy (non-hydrogen) atoms. The Morgan fingerprint density at radius 2 is 1.50 bits per heavy atom. The molecule has 0 amide bonds. The van der Waals surface area contributed by atoms with E-state index in [1.54, 1.807) is 0 Å². The smallest absolute Gasteiger partial charge is 0.0113 e. The van der Waals surface area contributed by atoms with Gasteiger partial charge in [-0.3, -0.25) is 0 Å². The molecule has 0 atom stereocenters. The molecule has 2 heteroatoms. The van der Waals surface area contributed by atoms with Crippen LogP contribution in [0.3, 0.4) is 0 Å². The quantitative estimate of drug-likeness (QED) is 0.566. The molecule has 0 saturated carbocycles. The Hall–Kier alpha value is 0.518. The second-order valence-electron chi connectivity index (χ2n) is 1.11. The maximum absolute atomic E-state index is 3.58. The van der Waals surface area contributed by atoms with Gasteiger partial charge in [0.2, 0.25) is 0 Å². The van der Waals surface area contributed by atoms with Crippen molar-refractivity contribution in [3.8, 4) is 0 Å². The zero-order valence-electron chi connectivity index (χ0n) is 4.71. The van der Waals surface area contributed by atoms with Crippen LogP contribution < -0.4 is 0 Å². The van der Waals surface area contributed by atoms with Crippen molar-refractivity contribution >= 4 is 11.8 Å². The molecule has 0 saturated heterocycles. The van der Waals surface area contributed by atoms with Crippen molar-refractivity contribution in [2.75, 3.05) is 11.5 Å². The Labute approximate surface area is 69.7 Å². The molecule has 0 N–H and O–H groups in total. The molecule has 0 spiro atoms. The Kier molecular flexibility index (Phi) is 14.9. The van der Waals surface area contributed by atoms with Gasteiger partial charge in [0.25, 0.3) is 0 Å². The largest absolute Gasteiger partial charge is 0.154 e. The van der Waals surface area contributed by atoms with Gasteiger partial charge in [-0.05, 0) is 0 Å². The second kappa shape index (κ2) is 10.5. The number of rotatable bonds is 4. The van der Waals surface area contributed by atoms with Crippen molar-refractivity contribution in [3.63, 3.8) is 0 Å². The summed E-state index contributed by atoms with van der Waals surface area (Å²) in [5, 5.41) is 0.